The van der Waals surface area contributed by atoms with Gasteiger partial charge in [-0.1, -0.05) is 11.6 Å². The Morgan fingerprint density at radius 2 is 2.21 bits per heavy atom. The second kappa shape index (κ2) is 4.65. The zero-order valence-corrected chi connectivity index (χ0v) is 9.83. The summed E-state index contributed by atoms with van der Waals surface area (Å²) >= 11 is 5.55. The number of aromatic carboxylic acids is 1. The van der Waals surface area contributed by atoms with Crippen LogP contribution < -0.4 is 0 Å². The van der Waals surface area contributed by atoms with Crippen LogP contribution >= 0.6 is 11.6 Å². The highest BCUT2D eigenvalue weighted by atomic mass is 35.5. The average Bonchev–Trinajstić information content (AvgIpc) is 2.81. The maximum absolute atomic E-state index is 13.2. The van der Waals surface area contributed by atoms with Gasteiger partial charge in [0.15, 0.2) is 0 Å². The quantitative estimate of drug-likeness (QED) is 0.689. The first-order valence-corrected chi connectivity index (χ1v) is 5.19. The van der Waals surface area contributed by atoms with E-state index in [-0.39, 0.29) is 16.3 Å². The number of rotatable bonds is 3. The fraction of sp³-hybridized carbons (Fsp3) is 0. The van der Waals surface area contributed by atoms with Gasteiger partial charge in [-0.3, -0.25) is 10.1 Å². The topological polar surface area (TPSA) is 98.3 Å². The van der Waals surface area contributed by atoms with Crippen LogP contribution in [0.1, 0.15) is 10.4 Å². The first kappa shape index (κ1) is 13.0. The Hall–Kier alpha value is -2.48. The molecule has 1 aromatic heterocycles. The highest BCUT2D eigenvalue weighted by Gasteiger charge is 2.20. The summed E-state index contributed by atoms with van der Waals surface area (Å²) in [7, 11) is 0. The number of halogens is 2. The number of carboxylic acid groups (broad SMARTS) is 1. The van der Waals surface area contributed by atoms with Gasteiger partial charge in [0.2, 0.25) is 0 Å². The molecule has 19 heavy (non-hydrogen) atoms. The highest BCUT2D eigenvalue weighted by Crippen LogP contribution is 2.28. The minimum atomic E-state index is -1.23. The summed E-state index contributed by atoms with van der Waals surface area (Å²) in [5, 5.41) is 22.9. The van der Waals surface area contributed by atoms with E-state index in [0.717, 1.165) is 23.1 Å². The normalized spacial score (nSPS) is 10.4. The SMILES string of the molecule is O=C(O)c1cnn(-c2cc(Cl)c(F)cc2[N+](=O)[O-])c1. The molecule has 2 rings (SSSR count). The van der Waals surface area contributed by atoms with Crippen molar-refractivity contribution in [2.45, 2.75) is 0 Å². The lowest BCUT2D eigenvalue weighted by Crippen LogP contribution is -2.02. The van der Waals surface area contributed by atoms with Gasteiger partial charge in [-0.15, -0.1) is 0 Å². The molecule has 0 fully saturated rings. The van der Waals surface area contributed by atoms with Gasteiger partial charge >= 0.3 is 5.97 Å². The summed E-state index contributed by atoms with van der Waals surface area (Å²) in [4.78, 5) is 20.7. The molecule has 0 radical (unpaired) electrons. The number of nitro benzene ring substituents is 1. The third-order valence-corrected chi connectivity index (χ3v) is 2.58. The van der Waals surface area contributed by atoms with Crippen molar-refractivity contribution < 1.29 is 19.2 Å². The van der Waals surface area contributed by atoms with E-state index in [1.54, 1.807) is 0 Å². The third-order valence-electron chi connectivity index (χ3n) is 2.29. The predicted octanol–water partition coefficient (Wildman–Crippen LogP) is 2.27. The lowest BCUT2D eigenvalue weighted by molar-refractivity contribution is -0.384. The van der Waals surface area contributed by atoms with Crippen molar-refractivity contribution >= 4 is 23.3 Å². The molecule has 0 amide bonds. The number of nitrogens with zero attached hydrogens (tertiary/aromatic N) is 3. The van der Waals surface area contributed by atoms with Gasteiger partial charge in [-0.05, 0) is 6.07 Å². The molecule has 1 heterocycles. The monoisotopic (exact) mass is 285 g/mol. The first-order chi connectivity index (χ1) is 8.90. The van der Waals surface area contributed by atoms with Gasteiger partial charge in [-0.2, -0.15) is 5.10 Å². The average molecular weight is 286 g/mol. The van der Waals surface area contributed by atoms with Gasteiger partial charge in [0.25, 0.3) is 5.69 Å². The molecule has 0 saturated carbocycles. The zero-order valence-electron chi connectivity index (χ0n) is 9.08. The molecular weight excluding hydrogens is 281 g/mol. The number of aromatic nitrogens is 2. The largest absolute Gasteiger partial charge is 0.478 e. The van der Waals surface area contributed by atoms with Crippen LogP contribution in [0.25, 0.3) is 5.69 Å². The van der Waals surface area contributed by atoms with Gasteiger partial charge in [0, 0.05) is 6.20 Å². The number of benzene rings is 1. The van der Waals surface area contributed by atoms with Crippen LogP contribution in [-0.2, 0) is 0 Å². The van der Waals surface area contributed by atoms with Crippen LogP contribution in [0.2, 0.25) is 5.02 Å². The van der Waals surface area contributed by atoms with Gasteiger partial charge in [0.1, 0.15) is 11.5 Å². The van der Waals surface area contributed by atoms with Crippen molar-refractivity contribution in [1.82, 2.24) is 9.78 Å². The van der Waals surface area contributed by atoms with Crippen LogP contribution in [0.15, 0.2) is 24.5 Å². The van der Waals surface area contributed by atoms with E-state index in [9.17, 15) is 19.3 Å². The molecule has 98 valence electrons. The standard InChI is InChI=1S/C10H5ClFN3O4/c11-6-1-8(9(15(18)19)2-7(6)12)14-4-5(3-13-14)10(16)17/h1-4H,(H,16,17). The Kier molecular flexibility index (Phi) is 3.17. The number of nitro groups is 1. The van der Waals surface area contributed by atoms with Gasteiger partial charge in [0.05, 0.1) is 27.8 Å². The Bertz CT molecular complexity index is 685. The fourth-order valence-electron chi connectivity index (χ4n) is 1.42. The lowest BCUT2D eigenvalue weighted by atomic mass is 10.2. The summed E-state index contributed by atoms with van der Waals surface area (Å²) in [6.07, 6.45) is 2.09. The van der Waals surface area contributed by atoms with E-state index in [4.69, 9.17) is 16.7 Å². The zero-order chi connectivity index (χ0) is 14.2. The summed E-state index contributed by atoms with van der Waals surface area (Å²) in [5.41, 5.74) is -0.847. The molecule has 0 spiro atoms. The summed E-state index contributed by atoms with van der Waals surface area (Å²) in [6.45, 7) is 0. The lowest BCUT2D eigenvalue weighted by Gasteiger charge is -2.04. The Morgan fingerprint density at radius 3 is 2.74 bits per heavy atom. The van der Waals surface area contributed by atoms with Crippen LogP contribution in [0.3, 0.4) is 0 Å². The van der Waals surface area contributed by atoms with Crippen LogP contribution in [0.5, 0.6) is 0 Å². The van der Waals surface area contributed by atoms with Crippen molar-refractivity contribution in [3.8, 4) is 5.69 Å². The second-order valence-corrected chi connectivity index (χ2v) is 3.90. The van der Waals surface area contributed by atoms with E-state index >= 15 is 0 Å². The Morgan fingerprint density at radius 1 is 1.53 bits per heavy atom. The molecule has 0 unspecified atom stereocenters. The van der Waals surface area contributed by atoms with E-state index < -0.39 is 22.4 Å². The van der Waals surface area contributed by atoms with Crippen LogP contribution in [0, 0.1) is 15.9 Å². The smallest absolute Gasteiger partial charge is 0.338 e. The van der Waals surface area contributed by atoms with Crippen molar-refractivity contribution in [2.24, 2.45) is 0 Å². The van der Waals surface area contributed by atoms with Crippen molar-refractivity contribution in [3.05, 3.63) is 51.0 Å². The molecule has 1 aromatic carbocycles. The summed E-state index contributed by atoms with van der Waals surface area (Å²) in [6, 6.07) is 1.66. The van der Waals surface area contributed by atoms with E-state index in [2.05, 4.69) is 5.10 Å². The molecule has 0 atom stereocenters. The van der Waals surface area contributed by atoms with E-state index in [1.165, 1.54) is 0 Å². The Balaban J connectivity index is 2.62. The number of carbonyl (C=O) groups is 1. The van der Waals surface area contributed by atoms with Crippen molar-refractivity contribution in [1.29, 1.82) is 0 Å². The van der Waals surface area contributed by atoms with Crippen molar-refractivity contribution in [3.63, 3.8) is 0 Å². The molecule has 1 N–H and O–H groups in total. The van der Waals surface area contributed by atoms with Crippen molar-refractivity contribution in [2.75, 3.05) is 0 Å². The predicted molar refractivity (Wildman–Crippen MR) is 62.1 cm³/mol. The van der Waals surface area contributed by atoms with E-state index in [0.29, 0.717) is 6.07 Å². The molecule has 0 saturated heterocycles. The molecule has 2 aromatic rings. The van der Waals surface area contributed by atoms with Crippen LogP contribution in [0.4, 0.5) is 10.1 Å². The minimum Gasteiger partial charge on any atom is -0.478 e. The molecule has 0 aliphatic carbocycles. The Labute approximate surface area is 110 Å². The third kappa shape index (κ3) is 2.38. The number of hydrogen-bond acceptors (Lipinski definition) is 4. The second-order valence-electron chi connectivity index (χ2n) is 3.49. The highest BCUT2D eigenvalue weighted by molar-refractivity contribution is 6.31. The maximum Gasteiger partial charge on any atom is 0.338 e. The fourth-order valence-corrected chi connectivity index (χ4v) is 1.58. The number of carboxylic acids is 1. The van der Waals surface area contributed by atoms with Gasteiger partial charge in [-0.25, -0.2) is 13.9 Å². The van der Waals surface area contributed by atoms with Crippen LogP contribution in [-0.4, -0.2) is 25.8 Å². The summed E-state index contributed by atoms with van der Waals surface area (Å²) < 4.78 is 14.2. The summed E-state index contributed by atoms with van der Waals surface area (Å²) in [5.74, 6) is -2.18. The van der Waals surface area contributed by atoms with E-state index in [1.807, 2.05) is 0 Å². The minimum absolute atomic E-state index is 0.121. The molecule has 7 nitrogen and oxygen atoms in total. The molecule has 0 aliphatic rings. The number of hydrogen-bond donors (Lipinski definition) is 1. The molecule has 0 bridgehead atoms. The maximum atomic E-state index is 13.2. The molecule has 9 heteroatoms. The molecular formula is C10H5ClFN3O4. The van der Waals surface area contributed by atoms with Gasteiger partial charge < -0.3 is 5.11 Å². The first-order valence-electron chi connectivity index (χ1n) is 4.82. The molecule has 0 aliphatic heterocycles.